The van der Waals surface area contributed by atoms with Crippen molar-refractivity contribution >= 4 is 33.2 Å². The Morgan fingerprint density at radius 2 is 2.07 bits per heavy atom. The van der Waals surface area contributed by atoms with Crippen molar-refractivity contribution in [2.24, 2.45) is 5.73 Å². The van der Waals surface area contributed by atoms with Crippen LogP contribution in [0.4, 0.5) is 0 Å². The Labute approximate surface area is 172 Å². The van der Waals surface area contributed by atoms with Crippen LogP contribution in [0.15, 0.2) is 48.5 Å². The molecule has 29 heavy (non-hydrogen) atoms. The van der Waals surface area contributed by atoms with Crippen LogP contribution in [0.5, 0.6) is 5.75 Å². The van der Waals surface area contributed by atoms with Gasteiger partial charge in [-0.2, -0.15) is 0 Å². The Hall–Kier alpha value is -2.90. The lowest BCUT2D eigenvalue weighted by molar-refractivity contribution is -0.138. The molecule has 150 valence electrons. The molecule has 1 saturated heterocycles. The van der Waals surface area contributed by atoms with E-state index in [4.69, 9.17) is 15.9 Å². The van der Waals surface area contributed by atoms with Gasteiger partial charge in [0, 0.05) is 21.7 Å². The van der Waals surface area contributed by atoms with Gasteiger partial charge in [0.2, 0.25) is 0 Å². The first-order valence-corrected chi connectivity index (χ1v) is 10.4. The third-order valence-corrected chi connectivity index (χ3v) is 6.31. The number of fused-ring (bicyclic) bond motifs is 1. The number of hydrogen-bond acceptors (Lipinski definition) is 5. The number of hydrogen-bond donors (Lipinski definition) is 4. The van der Waals surface area contributed by atoms with Gasteiger partial charge in [0.1, 0.15) is 17.7 Å². The lowest BCUT2D eigenvalue weighted by Gasteiger charge is -2.15. The fraction of sp³-hybridized carbons (Fsp3) is 0.273. The number of thiophene rings is 1. The molecule has 0 radical (unpaired) electrons. The summed E-state index contributed by atoms with van der Waals surface area (Å²) in [5.74, 6) is -0.677. The Kier molecular flexibility index (Phi) is 5.51. The first kappa shape index (κ1) is 19.4. The summed E-state index contributed by atoms with van der Waals surface area (Å²) in [4.78, 5) is 12.9. The van der Waals surface area contributed by atoms with Gasteiger partial charge in [0.05, 0.1) is 5.92 Å². The van der Waals surface area contributed by atoms with Crippen LogP contribution >= 0.6 is 11.3 Å². The predicted octanol–water partition coefficient (Wildman–Crippen LogP) is 3.34. The molecule has 5 N–H and O–H groups in total. The number of carboxylic acid groups (broad SMARTS) is 1. The molecule has 0 saturated carbocycles. The van der Waals surface area contributed by atoms with E-state index >= 15 is 0 Å². The third-order valence-electron chi connectivity index (χ3n) is 5.19. The van der Waals surface area contributed by atoms with E-state index in [1.807, 2.05) is 48.5 Å². The van der Waals surface area contributed by atoms with Crippen molar-refractivity contribution in [2.45, 2.75) is 24.9 Å². The average molecular weight is 410 g/mol. The molecule has 3 aromatic rings. The minimum Gasteiger partial charge on any atom is -0.489 e. The van der Waals surface area contributed by atoms with E-state index in [9.17, 15) is 9.90 Å². The van der Waals surface area contributed by atoms with E-state index in [1.54, 1.807) is 11.3 Å². The van der Waals surface area contributed by atoms with Crippen molar-refractivity contribution in [3.05, 3.63) is 64.5 Å². The Morgan fingerprint density at radius 1 is 1.28 bits per heavy atom. The van der Waals surface area contributed by atoms with E-state index in [0.717, 1.165) is 45.8 Å². The van der Waals surface area contributed by atoms with Crippen molar-refractivity contribution in [2.75, 3.05) is 13.1 Å². The summed E-state index contributed by atoms with van der Waals surface area (Å²) in [7, 11) is 0. The zero-order valence-electron chi connectivity index (χ0n) is 15.9. The molecule has 2 heterocycles. The smallest absolute Gasteiger partial charge is 0.311 e. The molecule has 2 atom stereocenters. The number of rotatable bonds is 7. The van der Waals surface area contributed by atoms with Gasteiger partial charge in [-0.15, -0.1) is 11.3 Å². The lowest BCUT2D eigenvalue weighted by atomic mass is 9.95. The van der Waals surface area contributed by atoms with E-state index in [2.05, 4.69) is 5.32 Å². The number of nitrogen functional groups attached to an aromatic ring is 1. The molecule has 2 aromatic carbocycles. The van der Waals surface area contributed by atoms with E-state index in [1.165, 1.54) is 0 Å². The Balaban J connectivity index is 1.52. The third kappa shape index (κ3) is 4.41. The molecule has 1 aliphatic heterocycles. The molecule has 0 aliphatic carbocycles. The molecule has 0 spiro atoms. The maximum absolute atomic E-state index is 11.9. The number of ether oxygens (including phenoxy) is 1. The fourth-order valence-electron chi connectivity index (χ4n) is 3.60. The number of benzene rings is 2. The van der Waals surface area contributed by atoms with Crippen LogP contribution in [-0.4, -0.2) is 36.1 Å². The average Bonchev–Trinajstić information content (AvgIpc) is 3.35. The lowest BCUT2D eigenvalue weighted by Crippen LogP contribution is -2.19. The van der Waals surface area contributed by atoms with Crippen molar-refractivity contribution in [1.29, 1.82) is 5.41 Å². The van der Waals surface area contributed by atoms with E-state index in [-0.39, 0.29) is 11.9 Å². The first-order valence-electron chi connectivity index (χ1n) is 9.56. The van der Waals surface area contributed by atoms with Gasteiger partial charge in [0.25, 0.3) is 0 Å². The van der Waals surface area contributed by atoms with Gasteiger partial charge in [0.15, 0.2) is 0 Å². The zero-order chi connectivity index (χ0) is 20.4. The maximum atomic E-state index is 11.9. The van der Waals surface area contributed by atoms with Gasteiger partial charge >= 0.3 is 5.97 Å². The van der Waals surface area contributed by atoms with Crippen molar-refractivity contribution in [3.8, 4) is 5.75 Å². The second-order valence-electron chi connectivity index (χ2n) is 7.28. The minimum absolute atomic E-state index is 0.0287. The van der Waals surface area contributed by atoms with Crippen LogP contribution in [0.25, 0.3) is 10.1 Å². The summed E-state index contributed by atoms with van der Waals surface area (Å²) >= 11 is 1.55. The molecular formula is C22H23N3O3S. The molecule has 0 amide bonds. The van der Waals surface area contributed by atoms with Crippen LogP contribution in [0.1, 0.15) is 28.3 Å². The zero-order valence-corrected chi connectivity index (χ0v) is 16.7. The summed E-state index contributed by atoms with van der Waals surface area (Å²) < 4.78 is 6.93. The number of amidine groups is 1. The Morgan fingerprint density at radius 3 is 2.72 bits per heavy atom. The van der Waals surface area contributed by atoms with E-state index in [0.29, 0.717) is 12.0 Å². The number of nitrogens with one attached hydrogen (secondary N) is 2. The highest BCUT2D eigenvalue weighted by molar-refractivity contribution is 7.19. The summed E-state index contributed by atoms with van der Waals surface area (Å²) in [5.41, 5.74) is 7.00. The van der Waals surface area contributed by atoms with Crippen molar-refractivity contribution in [3.63, 3.8) is 0 Å². The highest BCUT2D eigenvalue weighted by Gasteiger charge is 2.22. The topological polar surface area (TPSA) is 108 Å². The largest absolute Gasteiger partial charge is 0.489 e. The fourth-order valence-corrected chi connectivity index (χ4v) is 4.75. The second kappa shape index (κ2) is 8.23. The number of carboxylic acids is 1. The standard InChI is InChI=1S/C22H23N3O3S/c23-21(24)15-2-1-14-9-18(29-20(14)10-15)11-19(22(26)27)13-3-5-16(6-4-13)28-17-7-8-25-12-17/h1-6,9-10,17,19,25H,7-8,11-12H2,(H3,23,24)(H,26,27)/t17-,19?/m0/s1. The predicted molar refractivity (Wildman–Crippen MR) is 115 cm³/mol. The summed E-state index contributed by atoms with van der Waals surface area (Å²) in [6.45, 7) is 1.81. The van der Waals surface area contributed by atoms with Crippen molar-refractivity contribution in [1.82, 2.24) is 5.32 Å². The summed E-state index contributed by atoms with van der Waals surface area (Å²) in [5, 5.41) is 21.7. The van der Waals surface area contributed by atoms with Gasteiger partial charge in [-0.05, 0) is 54.6 Å². The molecule has 4 rings (SSSR count). The molecule has 6 nitrogen and oxygen atoms in total. The highest BCUT2D eigenvalue weighted by Crippen LogP contribution is 2.32. The molecular weight excluding hydrogens is 386 g/mol. The van der Waals surface area contributed by atoms with E-state index < -0.39 is 11.9 Å². The van der Waals surface area contributed by atoms with Crippen molar-refractivity contribution < 1.29 is 14.6 Å². The molecule has 7 heteroatoms. The quantitative estimate of drug-likeness (QED) is 0.354. The van der Waals surface area contributed by atoms with Gasteiger partial charge in [-0.1, -0.05) is 24.3 Å². The summed E-state index contributed by atoms with van der Waals surface area (Å²) in [6, 6.07) is 15.0. The van der Waals surface area contributed by atoms with Gasteiger partial charge in [-0.3, -0.25) is 10.2 Å². The highest BCUT2D eigenvalue weighted by atomic mass is 32.1. The first-order chi connectivity index (χ1) is 14.0. The monoisotopic (exact) mass is 409 g/mol. The summed E-state index contributed by atoms with van der Waals surface area (Å²) in [6.07, 6.45) is 1.57. The molecule has 0 bridgehead atoms. The minimum atomic E-state index is -0.847. The normalized spacial score (nSPS) is 17.3. The van der Waals surface area contributed by atoms with Crippen LogP contribution in [0.2, 0.25) is 0 Å². The van der Waals surface area contributed by atoms with Gasteiger partial charge in [-0.25, -0.2) is 0 Å². The van der Waals surface area contributed by atoms with Crippen LogP contribution < -0.4 is 15.8 Å². The molecule has 1 aliphatic rings. The molecule has 1 unspecified atom stereocenters. The molecule has 1 fully saturated rings. The number of aliphatic carboxylic acids is 1. The SMILES string of the molecule is N=C(N)c1ccc2cc(CC(C(=O)O)c3ccc(O[C@H]4CCNC4)cc3)sc2c1. The number of carbonyl (C=O) groups is 1. The van der Waals surface area contributed by atoms with Crippen LogP contribution in [0, 0.1) is 5.41 Å². The van der Waals surface area contributed by atoms with Crippen LogP contribution in [0.3, 0.4) is 0 Å². The Bertz CT molecular complexity index is 1040. The maximum Gasteiger partial charge on any atom is 0.311 e. The van der Waals surface area contributed by atoms with Gasteiger partial charge < -0.3 is 20.9 Å². The van der Waals surface area contributed by atoms with Crippen LogP contribution in [-0.2, 0) is 11.2 Å². The molecule has 1 aromatic heterocycles. The second-order valence-corrected chi connectivity index (χ2v) is 8.44. The number of nitrogens with two attached hydrogens (primary N) is 1.